The molecule has 3 N–H and O–H groups in total. The van der Waals surface area contributed by atoms with Crippen LogP contribution in [0.25, 0.3) is 10.2 Å². The lowest BCUT2D eigenvalue weighted by atomic mass is 9.86. The van der Waals surface area contributed by atoms with Crippen molar-refractivity contribution in [3.05, 3.63) is 17.3 Å². The topological polar surface area (TPSA) is 90.1 Å². The molecule has 2 heterocycles. The molecule has 0 aliphatic heterocycles. The summed E-state index contributed by atoms with van der Waals surface area (Å²) >= 11 is 1.64. The molecule has 22 heavy (non-hydrogen) atoms. The molecule has 3 rings (SSSR count). The van der Waals surface area contributed by atoms with E-state index in [1.165, 1.54) is 7.11 Å². The van der Waals surface area contributed by atoms with E-state index in [0.29, 0.717) is 11.9 Å². The van der Waals surface area contributed by atoms with Crippen LogP contribution in [0.3, 0.4) is 0 Å². The molecule has 6 nitrogen and oxygen atoms in total. The number of carbonyl (C=O) groups is 1. The van der Waals surface area contributed by atoms with E-state index < -0.39 is 0 Å². The number of hydrogen-bond donors (Lipinski definition) is 2. The number of anilines is 1. The Kier molecular flexibility index (Phi) is 4.54. The number of nitrogens with zero attached hydrogens (tertiary/aromatic N) is 2. The van der Waals surface area contributed by atoms with Crippen molar-refractivity contribution in [1.29, 1.82) is 0 Å². The molecule has 0 aromatic carbocycles. The number of rotatable bonds is 4. The minimum Gasteiger partial charge on any atom is -0.469 e. The van der Waals surface area contributed by atoms with Crippen molar-refractivity contribution in [3.63, 3.8) is 0 Å². The molecule has 0 unspecified atom stereocenters. The summed E-state index contributed by atoms with van der Waals surface area (Å²) in [5.74, 6) is 0.475. The van der Waals surface area contributed by atoms with E-state index in [2.05, 4.69) is 15.3 Å². The van der Waals surface area contributed by atoms with E-state index >= 15 is 0 Å². The van der Waals surface area contributed by atoms with Crippen molar-refractivity contribution in [3.8, 4) is 0 Å². The van der Waals surface area contributed by atoms with E-state index in [1.54, 1.807) is 17.5 Å². The average molecular weight is 320 g/mol. The number of pyridine rings is 1. The highest BCUT2D eigenvalue weighted by atomic mass is 32.1. The van der Waals surface area contributed by atoms with Gasteiger partial charge in [0.2, 0.25) is 0 Å². The van der Waals surface area contributed by atoms with Gasteiger partial charge >= 0.3 is 5.97 Å². The monoisotopic (exact) mass is 320 g/mol. The average Bonchev–Trinajstić information content (AvgIpc) is 2.97. The van der Waals surface area contributed by atoms with Crippen LogP contribution in [-0.4, -0.2) is 29.1 Å². The number of methoxy groups -OCH3 is 1. The number of aromatic nitrogens is 2. The first-order valence-electron chi connectivity index (χ1n) is 7.48. The Bertz CT molecular complexity index is 665. The third kappa shape index (κ3) is 3.20. The molecule has 1 fully saturated rings. The largest absolute Gasteiger partial charge is 0.469 e. The number of nitrogens with one attached hydrogen (secondary N) is 1. The predicted octanol–water partition coefficient (Wildman–Crippen LogP) is 2.09. The van der Waals surface area contributed by atoms with Crippen molar-refractivity contribution >= 4 is 33.3 Å². The lowest BCUT2D eigenvalue weighted by Gasteiger charge is -2.27. The molecular formula is C15H20N4O2S. The highest BCUT2D eigenvalue weighted by Gasteiger charge is 2.26. The molecule has 0 bridgehead atoms. The van der Waals surface area contributed by atoms with Crippen LogP contribution in [-0.2, 0) is 16.1 Å². The third-order valence-electron chi connectivity index (χ3n) is 4.18. The van der Waals surface area contributed by atoms with Gasteiger partial charge < -0.3 is 15.8 Å². The second-order valence-corrected chi connectivity index (χ2v) is 6.72. The van der Waals surface area contributed by atoms with Crippen molar-refractivity contribution in [2.45, 2.75) is 38.3 Å². The van der Waals surface area contributed by atoms with Gasteiger partial charge in [0, 0.05) is 18.8 Å². The first kappa shape index (κ1) is 15.2. The lowest BCUT2D eigenvalue weighted by molar-refractivity contribution is -0.146. The summed E-state index contributed by atoms with van der Waals surface area (Å²) in [6.07, 6.45) is 5.48. The van der Waals surface area contributed by atoms with Crippen molar-refractivity contribution < 1.29 is 9.53 Å². The van der Waals surface area contributed by atoms with Crippen molar-refractivity contribution in [2.24, 2.45) is 5.92 Å². The van der Waals surface area contributed by atoms with Gasteiger partial charge in [0.1, 0.15) is 10.5 Å². The molecule has 118 valence electrons. The molecule has 0 saturated heterocycles. The van der Waals surface area contributed by atoms with Crippen LogP contribution in [0.1, 0.15) is 30.7 Å². The van der Waals surface area contributed by atoms with Gasteiger partial charge in [-0.25, -0.2) is 9.97 Å². The van der Waals surface area contributed by atoms with E-state index in [-0.39, 0.29) is 11.9 Å². The van der Waals surface area contributed by atoms with Gasteiger partial charge in [0.25, 0.3) is 0 Å². The van der Waals surface area contributed by atoms with Gasteiger partial charge in [-0.1, -0.05) is 0 Å². The van der Waals surface area contributed by atoms with Gasteiger partial charge in [-0.3, -0.25) is 4.79 Å². The molecular weight excluding hydrogens is 300 g/mol. The molecule has 7 heteroatoms. The summed E-state index contributed by atoms with van der Waals surface area (Å²) in [7, 11) is 1.46. The second-order valence-electron chi connectivity index (χ2n) is 5.60. The zero-order chi connectivity index (χ0) is 15.5. The van der Waals surface area contributed by atoms with Gasteiger partial charge in [-0.15, -0.1) is 11.3 Å². The zero-order valence-electron chi connectivity index (χ0n) is 12.5. The Balaban J connectivity index is 1.54. The minimum absolute atomic E-state index is 0.0661. The Morgan fingerprint density at radius 2 is 2.23 bits per heavy atom. The van der Waals surface area contributed by atoms with Crippen LogP contribution < -0.4 is 11.1 Å². The lowest BCUT2D eigenvalue weighted by Crippen LogP contribution is -2.34. The van der Waals surface area contributed by atoms with Crippen LogP contribution >= 0.6 is 11.3 Å². The molecule has 2 aromatic heterocycles. The fourth-order valence-corrected chi connectivity index (χ4v) is 3.85. The van der Waals surface area contributed by atoms with Crippen molar-refractivity contribution in [1.82, 2.24) is 15.3 Å². The molecule has 0 spiro atoms. The smallest absolute Gasteiger partial charge is 0.308 e. The maximum Gasteiger partial charge on any atom is 0.308 e. The SMILES string of the molecule is COC(=O)[C@H]1CC[C@H](NCc2nc3c(N)nccc3s2)CC1. The zero-order valence-corrected chi connectivity index (χ0v) is 13.4. The summed E-state index contributed by atoms with van der Waals surface area (Å²) in [5, 5.41) is 4.55. The molecule has 0 amide bonds. The Labute approximate surface area is 133 Å². The standard InChI is InChI=1S/C15H20N4O2S/c1-21-15(20)9-2-4-10(5-3-9)18-8-12-19-13-11(22-12)6-7-17-14(13)16/h6-7,9-10,18H,2-5,8H2,1H3,(H2,16,17)/t9-,10-. The number of ether oxygens (including phenoxy) is 1. The van der Waals surface area contributed by atoms with Crippen LogP contribution in [0.15, 0.2) is 12.3 Å². The summed E-state index contributed by atoms with van der Waals surface area (Å²) in [6, 6.07) is 2.37. The number of esters is 1. The molecule has 1 aliphatic carbocycles. The third-order valence-corrected chi connectivity index (χ3v) is 5.20. The first-order valence-corrected chi connectivity index (χ1v) is 8.30. The minimum atomic E-state index is -0.0763. The van der Waals surface area contributed by atoms with E-state index in [4.69, 9.17) is 10.5 Å². The Morgan fingerprint density at radius 3 is 2.91 bits per heavy atom. The van der Waals surface area contributed by atoms with Crippen LogP contribution in [0.5, 0.6) is 0 Å². The van der Waals surface area contributed by atoms with Gasteiger partial charge in [0.05, 0.1) is 17.7 Å². The van der Waals surface area contributed by atoms with Gasteiger partial charge in [-0.2, -0.15) is 0 Å². The maximum atomic E-state index is 11.5. The number of fused-ring (bicyclic) bond motifs is 1. The Morgan fingerprint density at radius 1 is 1.45 bits per heavy atom. The van der Waals surface area contributed by atoms with E-state index in [0.717, 1.165) is 47.5 Å². The van der Waals surface area contributed by atoms with E-state index in [1.807, 2.05) is 6.07 Å². The first-order chi connectivity index (χ1) is 10.7. The van der Waals surface area contributed by atoms with Crippen LogP contribution in [0, 0.1) is 5.92 Å². The highest BCUT2D eigenvalue weighted by Crippen LogP contribution is 2.27. The maximum absolute atomic E-state index is 11.5. The number of thiazole rings is 1. The van der Waals surface area contributed by atoms with Gasteiger partial charge in [0.15, 0.2) is 5.82 Å². The molecule has 2 aromatic rings. The van der Waals surface area contributed by atoms with Crippen molar-refractivity contribution in [2.75, 3.05) is 12.8 Å². The summed E-state index contributed by atoms with van der Waals surface area (Å²) in [5.41, 5.74) is 6.62. The summed E-state index contributed by atoms with van der Waals surface area (Å²) in [6.45, 7) is 0.729. The number of carbonyl (C=O) groups excluding carboxylic acids is 1. The fraction of sp³-hybridized carbons (Fsp3) is 0.533. The van der Waals surface area contributed by atoms with Crippen LogP contribution in [0.2, 0.25) is 0 Å². The van der Waals surface area contributed by atoms with Crippen LogP contribution in [0.4, 0.5) is 5.82 Å². The number of hydrogen-bond acceptors (Lipinski definition) is 7. The number of nitrogen functional groups attached to an aromatic ring is 1. The highest BCUT2D eigenvalue weighted by molar-refractivity contribution is 7.18. The fourth-order valence-electron chi connectivity index (χ4n) is 2.93. The predicted molar refractivity (Wildman–Crippen MR) is 86.4 cm³/mol. The molecule has 0 atom stereocenters. The molecule has 1 aliphatic rings. The normalized spacial score (nSPS) is 21.9. The quantitative estimate of drug-likeness (QED) is 0.838. The Hall–Kier alpha value is -1.73. The molecule has 1 saturated carbocycles. The summed E-state index contributed by atoms with van der Waals surface area (Å²) < 4.78 is 5.88. The number of nitrogens with two attached hydrogens (primary N) is 1. The van der Waals surface area contributed by atoms with Gasteiger partial charge in [-0.05, 0) is 31.7 Å². The molecule has 0 radical (unpaired) electrons. The summed E-state index contributed by atoms with van der Waals surface area (Å²) in [4.78, 5) is 20.1. The van der Waals surface area contributed by atoms with E-state index in [9.17, 15) is 4.79 Å². The second kappa shape index (κ2) is 6.58.